The molecular formula is C19H20BrN5O. The lowest BCUT2D eigenvalue weighted by atomic mass is 10.0. The van der Waals surface area contributed by atoms with Crippen LogP contribution in [0.3, 0.4) is 0 Å². The molecular weight excluding hydrogens is 394 g/mol. The van der Waals surface area contributed by atoms with Crippen LogP contribution >= 0.6 is 15.9 Å². The molecule has 1 amide bonds. The van der Waals surface area contributed by atoms with E-state index in [0.717, 1.165) is 26.9 Å². The van der Waals surface area contributed by atoms with Crippen LogP contribution in [0.1, 0.15) is 23.9 Å². The Bertz CT molecular complexity index is 937. The van der Waals surface area contributed by atoms with Crippen molar-refractivity contribution in [2.24, 2.45) is 7.05 Å². The Morgan fingerprint density at radius 1 is 1.23 bits per heavy atom. The van der Waals surface area contributed by atoms with Crippen LogP contribution in [0, 0.1) is 0 Å². The summed E-state index contributed by atoms with van der Waals surface area (Å²) in [6, 6.07) is 16.0. The summed E-state index contributed by atoms with van der Waals surface area (Å²) in [5, 5.41) is 2.99. The molecule has 0 radical (unpaired) electrons. The molecule has 0 bridgehead atoms. The minimum atomic E-state index is -0.265. The van der Waals surface area contributed by atoms with Gasteiger partial charge in [0.05, 0.1) is 17.6 Å². The SMILES string of the molecule is Cn1c(CNC(=O)C2CC(c3ccc(Br)cc3)NN2)nc2ccccc21. The molecule has 3 N–H and O–H groups in total. The van der Waals surface area contributed by atoms with Crippen molar-refractivity contribution in [2.75, 3.05) is 0 Å². The predicted molar refractivity (Wildman–Crippen MR) is 104 cm³/mol. The van der Waals surface area contributed by atoms with Gasteiger partial charge in [0.25, 0.3) is 0 Å². The van der Waals surface area contributed by atoms with Crippen molar-refractivity contribution < 1.29 is 4.79 Å². The molecule has 0 spiro atoms. The molecule has 7 heteroatoms. The number of amides is 1. The van der Waals surface area contributed by atoms with Crippen LogP contribution in [-0.4, -0.2) is 21.5 Å². The third kappa shape index (κ3) is 3.38. The van der Waals surface area contributed by atoms with E-state index in [-0.39, 0.29) is 18.0 Å². The van der Waals surface area contributed by atoms with Crippen molar-refractivity contribution in [2.45, 2.75) is 25.0 Å². The first kappa shape index (κ1) is 17.2. The maximum atomic E-state index is 12.5. The van der Waals surface area contributed by atoms with Gasteiger partial charge in [0.1, 0.15) is 11.9 Å². The second-order valence-electron chi connectivity index (χ2n) is 6.47. The summed E-state index contributed by atoms with van der Waals surface area (Å²) in [5.41, 5.74) is 9.46. The van der Waals surface area contributed by atoms with Crippen molar-refractivity contribution in [1.82, 2.24) is 25.7 Å². The molecule has 26 heavy (non-hydrogen) atoms. The number of nitrogens with zero attached hydrogens (tertiary/aromatic N) is 2. The van der Waals surface area contributed by atoms with E-state index in [4.69, 9.17) is 0 Å². The predicted octanol–water partition coefficient (Wildman–Crippen LogP) is 2.56. The Hall–Kier alpha value is -2.22. The summed E-state index contributed by atoms with van der Waals surface area (Å²) >= 11 is 3.44. The average Bonchev–Trinajstić information content (AvgIpc) is 3.26. The lowest BCUT2D eigenvalue weighted by Crippen LogP contribution is -2.43. The Balaban J connectivity index is 1.38. The maximum Gasteiger partial charge on any atom is 0.238 e. The van der Waals surface area contributed by atoms with Crippen molar-refractivity contribution in [3.63, 3.8) is 0 Å². The topological polar surface area (TPSA) is 71.0 Å². The van der Waals surface area contributed by atoms with Gasteiger partial charge in [0.2, 0.25) is 5.91 Å². The molecule has 3 aromatic rings. The number of hydrogen-bond acceptors (Lipinski definition) is 4. The summed E-state index contributed by atoms with van der Waals surface area (Å²) in [5.74, 6) is 0.819. The second kappa shape index (κ2) is 7.19. The van der Waals surface area contributed by atoms with Gasteiger partial charge < -0.3 is 9.88 Å². The largest absolute Gasteiger partial charge is 0.347 e. The van der Waals surface area contributed by atoms with Crippen LogP contribution in [0.15, 0.2) is 53.0 Å². The fraction of sp³-hybridized carbons (Fsp3) is 0.263. The Kier molecular flexibility index (Phi) is 4.76. The van der Waals surface area contributed by atoms with Gasteiger partial charge in [-0.25, -0.2) is 15.8 Å². The third-order valence-electron chi connectivity index (χ3n) is 4.79. The van der Waals surface area contributed by atoms with Gasteiger partial charge in [-0.1, -0.05) is 40.2 Å². The molecule has 0 aliphatic carbocycles. The number of hydrogen-bond donors (Lipinski definition) is 3. The van der Waals surface area contributed by atoms with Crippen molar-refractivity contribution in [3.05, 3.63) is 64.4 Å². The molecule has 2 atom stereocenters. The molecule has 0 saturated carbocycles. The molecule has 2 aromatic carbocycles. The number of carbonyl (C=O) groups excluding carboxylic acids is 1. The summed E-state index contributed by atoms with van der Waals surface area (Å²) in [6.45, 7) is 0.408. The summed E-state index contributed by atoms with van der Waals surface area (Å²) in [7, 11) is 1.97. The quantitative estimate of drug-likeness (QED) is 0.614. The fourth-order valence-corrected chi connectivity index (χ4v) is 3.55. The van der Waals surface area contributed by atoms with Crippen LogP contribution in [0.5, 0.6) is 0 Å². The van der Waals surface area contributed by atoms with Crippen LogP contribution in [0.2, 0.25) is 0 Å². The van der Waals surface area contributed by atoms with E-state index >= 15 is 0 Å². The zero-order valence-corrected chi connectivity index (χ0v) is 16.0. The number of benzene rings is 2. The first-order valence-electron chi connectivity index (χ1n) is 8.56. The van der Waals surface area contributed by atoms with E-state index in [9.17, 15) is 4.79 Å². The molecule has 6 nitrogen and oxygen atoms in total. The van der Waals surface area contributed by atoms with Gasteiger partial charge in [-0.3, -0.25) is 4.79 Å². The highest BCUT2D eigenvalue weighted by molar-refractivity contribution is 9.10. The van der Waals surface area contributed by atoms with Gasteiger partial charge in [-0.05, 0) is 36.2 Å². The number of para-hydroxylation sites is 2. The van der Waals surface area contributed by atoms with Gasteiger partial charge in [0.15, 0.2) is 0 Å². The molecule has 1 saturated heterocycles. The van der Waals surface area contributed by atoms with E-state index in [1.807, 2.05) is 48.0 Å². The van der Waals surface area contributed by atoms with Gasteiger partial charge in [-0.15, -0.1) is 0 Å². The van der Waals surface area contributed by atoms with Crippen LogP contribution in [0.25, 0.3) is 11.0 Å². The van der Waals surface area contributed by atoms with E-state index in [1.54, 1.807) is 0 Å². The van der Waals surface area contributed by atoms with Gasteiger partial charge in [-0.2, -0.15) is 0 Å². The van der Waals surface area contributed by atoms with E-state index in [1.165, 1.54) is 0 Å². The average molecular weight is 414 g/mol. The van der Waals surface area contributed by atoms with Crippen molar-refractivity contribution >= 4 is 32.9 Å². The smallest absolute Gasteiger partial charge is 0.238 e. The molecule has 2 unspecified atom stereocenters. The molecule has 1 aliphatic heterocycles. The molecule has 2 heterocycles. The minimum absolute atomic E-state index is 0.0239. The fourth-order valence-electron chi connectivity index (χ4n) is 3.28. The lowest BCUT2D eigenvalue weighted by molar-refractivity contribution is -0.123. The third-order valence-corrected chi connectivity index (χ3v) is 5.32. The summed E-state index contributed by atoms with van der Waals surface area (Å²) < 4.78 is 3.06. The van der Waals surface area contributed by atoms with Crippen LogP contribution in [0.4, 0.5) is 0 Å². The van der Waals surface area contributed by atoms with Gasteiger partial charge in [0, 0.05) is 17.6 Å². The number of rotatable bonds is 4. The number of hydrazine groups is 1. The highest BCUT2D eigenvalue weighted by Crippen LogP contribution is 2.24. The van der Waals surface area contributed by atoms with Crippen LogP contribution in [-0.2, 0) is 18.4 Å². The Morgan fingerprint density at radius 2 is 2.00 bits per heavy atom. The second-order valence-corrected chi connectivity index (χ2v) is 7.39. The Morgan fingerprint density at radius 3 is 2.77 bits per heavy atom. The van der Waals surface area contributed by atoms with Crippen molar-refractivity contribution in [3.8, 4) is 0 Å². The number of carbonyl (C=O) groups is 1. The lowest BCUT2D eigenvalue weighted by Gasteiger charge is -2.11. The number of aryl methyl sites for hydroxylation is 1. The number of imidazole rings is 1. The summed E-state index contributed by atoms with van der Waals surface area (Å²) in [6.07, 6.45) is 0.704. The molecule has 1 aromatic heterocycles. The van der Waals surface area contributed by atoms with E-state index < -0.39 is 0 Å². The molecule has 1 aliphatic rings. The van der Waals surface area contributed by atoms with Crippen molar-refractivity contribution in [1.29, 1.82) is 0 Å². The first-order valence-corrected chi connectivity index (χ1v) is 9.35. The highest BCUT2D eigenvalue weighted by atomic mass is 79.9. The number of aromatic nitrogens is 2. The highest BCUT2D eigenvalue weighted by Gasteiger charge is 2.30. The monoisotopic (exact) mass is 413 g/mol. The maximum absolute atomic E-state index is 12.5. The number of halogens is 1. The normalized spacial score (nSPS) is 19.8. The summed E-state index contributed by atoms with van der Waals surface area (Å²) in [4.78, 5) is 17.1. The Labute approximate surface area is 160 Å². The minimum Gasteiger partial charge on any atom is -0.347 e. The molecule has 134 valence electrons. The zero-order valence-electron chi connectivity index (χ0n) is 14.4. The standard InChI is InChI=1S/C19H20BrN5O/c1-25-17-5-3-2-4-14(17)22-18(25)11-21-19(26)16-10-15(23-24-16)12-6-8-13(20)9-7-12/h2-9,15-16,23-24H,10-11H2,1H3,(H,21,26). The van der Waals surface area contributed by atoms with Crippen LogP contribution < -0.4 is 16.2 Å². The molecule has 4 rings (SSSR count). The number of fused-ring (bicyclic) bond motifs is 1. The number of nitrogens with one attached hydrogen (secondary N) is 3. The van der Waals surface area contributed by atoms with E-state index in [0.29, 0.717) is 13.0 Å². The van der Waals surface area contributed by atoms with E-state index in [2.05, 4.69) is 49.2 Å². The van der Waals surface area contributed by atoms with Gasteiger partial charge >= 0.3 is 0 Å². The first-order chi connectivity index (χ1) is 12.6. The zero-order chi connectivity index (χ0) is 18.1. The molecule has 1 fully saturated rings.